The maximum Gasteiger partial charge on any atom is 0.261 e. The Hall–Kier alpha value is -4.66. The van der Waals surface area contributed by atoms with E-state index in [1.54, 1.807) is 36.4 Å². The third-order valence-electron chi connectivity index (χ3n) is 11.5. The second-order valence-corrected chi connectivity index (χ2v) is 17.6. The summed E-state index contributed by atoms with van der Waals surface area (Å²) in [4.78, 5) is 60.9. The fraction of sp³-hybridized carbons (Fsp3) is 0.261. The fourth-order valence-electron chi connectivity index (χ4n) is 8.49. The Labute approximate surface area is 367 Å². The van der Waals surface area contributed by atoms with Crippen molar-refractivity contribution in [1.29, 1.82) is 0 Å². The summed E-state index contributed by atoms with van der Waals surface area (Å²) < 4.78 is 2.04. The molecule has 10 nitrogen and oxygen atoms in total. The van der Waals surface area contributed by atoms with Crippen LogP contribution in [0, 0.1) is 0 Å². The lowest BCUT2D eigenvalue weighted by Crippen LogP contribution is -2.39. The minimum absolute atomic E-state index is 0.0163. The van der Waals surface area contributed by atoms with Gasteiger partial charge in [0.15, 0.2) is 0 Å². The van der Waals surface area contributed by atoms with Crippen LogP contribution in [0.3, 0.4) is 0 Å². The predicted molar refractivity (Wildman–Crippen MR) is 239 cm³/mol. The molecule has 2 saturated carbocycles. The van der Waals surface area contributed by atoms with Crippen LogP contribution in [0.4, 0.5) is 0 Å². The first kappa shape index (κ1) is 41.1. The summed E-state index contributed by atoms with van der Waals surface area (Å²) in [6, 6.07) is 27.2. The SMILES string of the molecule is BrCc1ccc2cncc(Br)c2c1.NC1CCC(N2C(=O)c3ccccc3C2=O)C1.O=C1c2ccccc2C(=O)N1C1CCC(NCc2ccc3cncc(Br)c3c2)C1. The van der Waals surface area contributed by atoms with Crippen LogP contribution in [0.5, 0.6) is 0 Å². The first-order valence-electron chi connectivity index (χ1n) is 19.6. The van der Waals surface area contributed by atoms with E-state index in [1.165, 1.54) is 31.7 Å². The molecule has 2 aliphatic carbocycles. The number of hydrogen-bond acceptors (Lipinski definition) is 8. The van der Waals surface area contributed by atoms with Gasteiger partial charge < -0.3 is 11.1 Å². The standard InChI is InChI=1S/C23H20BrN3O2.C13H14N2O2.C10H7Br2N/c24-21-13-25-12-15-6-5-14(9-20(15)21)11-26-16-7-8-17(10-16)27-22(28)18-3-1-2-4-19(18)23(27)29;14-8-5-6-9(7-8)15-12(16)10-3-1-2-4-11(10)13(15)17;11-4-7-1-2-8-5-13-6-10(12)9(8)3-7/h1-6,9,12-13,16-17,26H,7-8,10-11H2;1-4,8-9H,5-7,14H2;1-3,5-6H,4H2. The lowest BCUT2D eigenvalue weighted by atomic mass is 10.1. The van der Waals surface area contributed by atoms with E-state index >= 15 is 0 Å². The van der Waals surface area contributed by atoms with Gasteiger partial charge in [0.05, 0.1) is 22.3 Å². The van der Waals surface area contributed by atoms with Crippen molar-refractivity contribution in [1.82, 2.24) is 25.1 Å². The van der Waals surface area contributed by atoms with Gasteiger partial charge in [0.1, 0.15) is 0 Å². The van der Waals surface area contributed by atoms with Crippen LogP contribution >= 0.6 is 47.8 Å². The van der Waals surface area contributed by atoms with E-state index in [2.05, 4.69) is 99.5 Å². The van der Waals surface area contributed by atoms with Gasteiger partial charge >= 0.3 is 0 Å². The zero-order chi connectivity index (χ0) is 41.2. The van der Waals surface area contributed by atoms with Crippen LogP contribution in [-0.2, 0) is 11.9 Å². The molecule has 4 amide bonds. The molecule has 0 radical (unpaired) electrons. The van der Waals surface area contributed by atoms with Gasteiger partial charge in [0.25, 0.3) is 23.6 Å². The van der Waals surface area contributed by atoms with Crippen LogP contribution in [0.25, 0.3) is 21.5 Å². The van der Waals surface area contributed by atoms with E-state index in [0.29, 0.717) is 28.3 Å². The summed E-state index contributed by atoms with van der Waals surface area (Å²) >= 11 is 10.5. The van der Waals surface area contributed by atoms with Crippen LogP contribution < -0.4 is 11.1 Å². The van der Waals surface area contributed by atoms with Gasteiger partial charge in [0.2, 0.25) is 0 Å². The molecule has 4 aliphatic rings. The molecule has 2 aromatic heterocycles. The first-order valence-corrected chi connectivity index (χ1v) is 22.3. The lowest BCUT2D eigenvalue weighted by Gasteiger charge is -2.22. The van der Waals surface area contributed by atoms with Crippen molar-refractivity contribution in [2.24, 2.45) is 5.73 Å². The molecule has 3 N–H and O–H groups in total. The second kappa shape index (κ2) is 17.9. The van der Waals surface area contributed by atoms with Crippen LogP contribution in [-0.4, -0.2) is 67.6 Å². The number of carbonyl (C=O) groups is 4. The molecule has 0 saturated heterocycles. The first-order chi connectivity index (χ1) is 28.6. The number of carbonyl (C=O) groups excluding carboxylic acids is 4. The highest BCUT2D eigenvalue weighted by Crippen LogP contribution is 2.33. The van der Waals surface area contributed by atoms with Gasteiger partial charge in [-0.05, 0) is 129 Å². The third-order valence-corrected chi connectivity index (χ3v) is 13.4. The van der Waals surface area contributed by atoms with Crippen molar-refractivity contribution in [2.45, 2.75) is 74.6 Å². The average Bonchev–Trinajstić information content (AvgIpc) is 4.02. The fourth-order valence-corrected chi connectivity index (χ4v) is 9.76. The highest BCUT2D eigenvalue weighted by Gasteiger charge is 2.43. The second-order valence-electron chi connectivity index (χ2n) is 15.3. The van der Waals surface area contributed by atoms with Crippen LogP contribution in [0.1, 0.15) is 91.1 Å². The smallest absolute Gasteiger partial charge is 0.261 e. The molecule has 59 heavy (non-hydrogen) atoms. The van der Waals surface area contributed by atoms with E-state index in [0.717, 1.165) is 70.1 Å². The molecular weight excluding hydrogens is 940 g/mol. The molecule has 4 unspecified atom stereocenters. The lowest BCUT2D eigenvalue weighted by molar-refractivity contribution is 0.0570. The maximum absolute atomic E-state index is 12.7. The minimum atomic E-state index is -0.162. The van der Waals surface area contributed by atoms with Gasteiger partial charge in [-0.1, -0.05) is 64.5 Å². The number of hydrogen-bond donors (Lipinski definition) is 2. The molecular formula is C46H41Br3N6O4. The highest BCUT2D eigenvalue weighted by atomic mass is 79.9. The highest BCUT2D eigenvalue weighted by molar-refractivity contribution is 9.11. The molecule has 13 heteroatoms. The normalized spacial score (nSPS) is 20.7. The molecule has 2 fully saturated rings. The number of amides is 4. The third kappa shape index (κ3) is 8.54. The molecule has 4 aromatic carbocycles. The molecule has 4 heterocycles. The number of aromatic nitrogens is 2. The Bertz CT molecular complexity index is 2530. The number of halogens is 3. The summed E-state index contributed by atoms with van der Waals surface area (Å²) in [5, 5.41) is 9.13. The Kier molecular flexibility index (Phi) is 12.5. The van der Waals surface area contributed by atoms with Crippen molar-refractivity contribution < 1.29 is 19.2 Å². The predicted octanol–water partition coefficient (Wildman–Crippen LogP) is 9.36. The summed E-state index contributed by atoms with van der Waals surface area (Å²) in [5.74, 6) is -0.622. The number of nitrogens with one attached hydrogen (secondary N) is 1. The zero-order valence-electron chi connectivity index (χ0n) is 32.0. The molecule has 300 valence electrons. The molecule has 6 aromatic rings. The molecule has 0 spiro atoms. The van der Waals surface area contributed by atoms with Crippen molar-refractivity contribution >= 4 is 93.0 Å². The Morgan fingerprint density at radius 2 is 1.05 bits per heavy atom. The Morgan fingerprint density at radius 1 is 0.593 bits per heavy atom. The molecule has 4 atom stereocenters. The van der Waals surface area contributed by atoms with E-state index in [1.807, 2.05) is 36.9 Å². The largest absolute Gasteiger partial charge is 0.328 e. The number of fused-ring (bicyclic) bond motifs is 4. The number of benzene rings is 4. The minimum Gasteiger partial charge on any atom is -0.328 e. The summed E-state index contributed by atoms with van der Waals surface area (Å²) in [5.41, 5.74) is 10.4. The van der Waals surface area contributed by atoms with Gasteiger partial charge in [-0.3, -0.25) is 38.9 Å². The van der Waals surface area contributed by atoms with E-state index < -0.39 is 0 Å². The summed E-state index contributed by atoms with van der Waals surface area (Å²) in [6.07, 6.45) is 12.4. The van der Waals surface area contributed by atoms with Crippen molar-refractivity contribution in [3.8, 4) is 0 Å². The van der Waals surface area contributed by atoms with E-state index in [9.17, 15) is 19.2 Å². The van der Waals surface area contributed by atoms with Gasteiger partial charge in [-0.2, -0.15) is 0 Å². The summed E-state index contributed by atoms with van der Waals surface area (Å²) in [7, 11) is 0. The van der Waals surface area contributed by atoms with Gasteiger partial charge in [-0.15, -0.1) is 0 Å². The number of alkyl halides is 1. The van der Waals surface area contributed by atoms with Gasteiger partial charge in [0, 0.05) is 80.5 Å². The van der Waals surface area contributed by atoms with Crippen molar-refractivity contribution in [2.75, 3.05) is 0 Å². The quantitative estimate of drug-likeness (QED) is 0.124. The number of nitrogens with two attached hydrogens (primary N) is 1. The van der Waals surface area contributed by atoms with Gasteiger partial charge in [-0.25, -0.2) is 0 Å². The Morgan fingerprint density at radius 3 is 1.53 bits per heavy atom. The number of pyridine rings is 2. The van der Waals surface area contributed by atoms with Crippen molar-refractivity contribution in [3.05, 3.63) is 152 Å². The topological polar surface area (TPSA) is 139 Å². The average molecular weight is 982 g/mol. The van der Waals surface area contributed by atoms with E-state index in [-0.39, 0.29) is 41.8 Å². The van der Waals surface area contributed by atoms with Crippen LogP contribution in [0.2, 0.25) is 0 Å². The monoisotopic (exact) mass is 978 g/mol. The maximum atomic E-state index is 12.7. The molecule has 0 bridgehead atoms. The zero-order valence-corrected chi connectivity index (χ0v) is 36.7. The van der Waals surface area contributed by atoms with Crippen LogP contribution in [0.15, 0.2) is 119 Å². The molecule has 10 rings (SSSR count). The van der Waals surface area contributed by atoms with Crippen molar-refractivity contribution in [3.63, 3.8) is 0 Å². The number of imide groups is 2. The number of nitrogens with zero attached hydrogens (tertiary/aromatic N) is 4. The summed E-state index contributed by atoms with van der Waals surface area (Å²) in [6.45, 7) is 0.754. The Balaban J connectivity index is 0.000000136. The number of rotatable bonds is 6. The molecule has 2 aliphatic heterocycles. The van der Waals surface area contributed by atoms with E-state index in [4.69, 9.17) is 5.73 Å².